The van der Waals surface area contributed by atoms with E-state index in [9.17, 15) is 0 Å². The third-order valence-electron chi connectivity index (χ3n) is 5.86. The number of fused-ring (bicyclic) bond motifs is 2. The molecule has 5 rings (SSSR count). The molecule has 6 nitrogen and oxygen atoms in total. The molecule has 1 N–H and O–H groups in total. The second kappa shape index (κ2) is 7.89. The number of benzene rings is 1. The maximum absolute atomic E-state index is 9.05. The van der Waals surface area contributed by atoms with Gasteiger partial charge in [-0.25, -0.2) is 9.97 Å². The average Bonchev–Trinajstić information content (AvgIpc) is 3.51. The fourth-order valence-corrected chi connectivity index (χ4v) is 4.91. The van der Waals surface area contributed by atoms with Crippen molar-refractivity contribution in [1.82, 2.24) is 15.0 Å². The number of hydrogen-bond acceptors (Lipinski definition) is 7. The minimum Gasteiger partial charge on any atom is -0.497 e. The lowest BCUT2D eigenvalue weighted by Crippen LogP contribution is -2.21. The molecule has 0 atom stereocenters. The molecule has 2 aromatic heterocycles. The minimum absolute atomic E-state index is 0.232. The fourth-order valence-electron chi connectivity index (χ4n) is 4.05. The number of thioether (sulfide) groups is 1. The fraction of sp³-hybridized carbons (Fsp3) is 0.348. The number of anilines is 2. The summed E-state index contributed by atoms with van der Waals surface area (Å²) in [7, 11) is 1.65. The smallest absolute Gasteiger partial charge is 0.229 e. The second-order valence-corrected chi connectivity index (χ2v) is 8.99. The van der Waals surface area contributed by atoms with Gasteiger partial charge >= 0.3 is 0 Å². The first kappa shape index (κ1) is 19.3. The number of nitrogens with zero attached hydrogens (tertiary/aromatic N) is 4. The molecule has 1 fully saturated rings. The van der Waals surface area contributed by atoms with Crippen molar-refractivity contribution in [2.45, 2.75) is 29.6 Å². The molecule has 0 saturated heterocycles. The summed E-state index contributed by atoms with van der Waals surface area (Å²) in [6.45, 7) is 1.17. The predicted octanol–water partition coefficient (Wildman–Crippen LogP) is 4.21. The van der Waals surface area contributed by atoms with Crippen molar-refractivity contribution < 1.29 is 9.84 Å². The normalized spacial score (nSPS) is 16.0. The highest BCUT2D eigenvalue weighted by molar-refractivity contribution is 7.99. The Labute approximate surface area is 180 Å². The molecule has 154 valence electrons. The van der Waals surface area contributed by atoms with E-state index >= 15 is 0 Å². The van der Waals surface area contributed by atoms with Gasteiger partial charge in [0.05, 0.1) is 12.8 Å². The zero-order valence-electron chi connectivity index (χ0n) is 16.9. The third-order valence-corrected chi connectivity index (χ3v) is 6.94. The van der Waals surface area contributed by atoms with Gasteiger partial charge in [-0.1, -0.05) is 6.07 Å². The third kappa shape index (κ3) is 3.52. The molecule has 30 heavy (non-hydrogen) atoms. The van der Waals surface area contributed by atoms with Crippen LogP contribution in [0.2, 0.25) is 0 Å². The van der Waals surface area contributed by atoms with Crippen LogP contribution in [-0.4, -0.2) is 46.1 Å². The van der Waals surface area contributed by atoms with Crippen LogP contribution in [0.4, 0.5) is 11.6 Å². The summed E-state index contributed by atoms with van der Waals surface area (Å²) in [5, 5.41) is 9.05. The zero-order valence-corrected chi connectivity index (χ0v) is 17.7. The topological polar surface area (TPSA) is 71.4 Å². The number of rotatable bonds is 7. The Morgan fingerprint density at radius 3 is 2.70 bits per heavy atom. The van der Waals surface area contributed by atoms with Crippen molar-refractivity contribution in [2.24, 2.45) is 0 Å². The lowest BCUT2D eigenvalue weighted by Gasteiger charge is -2.18. The summed E-state index contributed by atoms with van der Waals surface area (Å²) in [6, 6.07) is 10.5. The van der Waals surface area contributed by atoms with Crippen molar-refractivity contribution in [3.8, 4) is 17.0 Å². The van der Waals surface area contributed by atoms with Gasteiger partial charge in [0.1, 0.15) is 5.75 Å². The molecule has 0 radical (unpaired) electrons. The molecule has 3 aromatic rings. The van der Waals surface area contributed by atoms with Gasteiger partial charge in [-0.2, -0.15) is 0 Å². The zero-order chi connectivity index (χ0) is 20.6. The molecule has 0 bridgehead atoms. The van der Waals surface area contributed by atoms with Crippen LogP contribution in [0.3, 0.4) is 0 Å². The molecule has 1 aromatic carbocycles. The van der Waals surface area contributed by atoms with Crippen LogP contribution in [-0.2, 0) is 5.41 Å². The Morgan fingerprint density at radius 1 is 1.13 bits per heavy atom. The second-order valence-electron chi connectivity index (χ2n) is 7.82. The molecular formula is C23H24N4O2S. The molecular weight excluding hydrogens is 396 g/mol. The summed E-state index contributed by atoms with van der Waals surface area (Å²) in [5.74, 6) is 2.41. The molecule has 1 spiro atoms. The van der Waals surface area contributed by atoms with E-state index < -0.39 is 0 Å². The van der Waals surface area contributed by atoms with Crippen LogP contribution in [0, 0.1) is 0 Å². The highest BCUT2D eigenvalue weighted by Crippen LogP contribution is 2.58. The lowest BCUT2D eigenvalue weighted by molar-refractivity contribution is 0.296. The van der Waals surface area contributed by atoms with Crippen LogP contribution in [0.1, 0.15) is 24.8 Å². The van der Waals surface area contributed by atoms with Gasteiger partial charge < -0.3 is 14.7 Å². The number of aliphatic hydroxyl groups is 1. The van der Waals surface area contributed by atoms with Gasteiger partial charge in [0.15, 0.2) is 0 Å². The van der Waals surface area contributed by atoms with Crippen molar-refractivity contribution in [1.29, 1.82) is 0 Å². The maximum Gasteiger partial charge on any atom is 0.229 e. The summed E-state index contributed by atoms with van der Waals surface area (Å²) in [6.07, 6.45) is 8.64. The molecule has 0 amide bonds. The molecule has 1 aliphatic heterocycles. The quantitative estimate of drug-likeness (QED) is 0.454. The number of aliphatic hydroxyl groups excluding tert-OH is 1. The van der Waals surface area contributed by atoms with Gasteiger partial charge in [-0.3, -0.25) is 4.98 Å². The first-order valence-electron chi connectivity index (χ1n) is 10.2. The summed E-state index contributed by atoms with van der Waals surface area (Å²) in [4.78, 5) is 17.3. The first-order valence-corrected chi connectivity index (χ1v) is 11.2. The van der Waals surface area contributed by atoms with Crippen molar-refractivity contribution in [2.75, 3.05) is 30.9 Å². The highest BCUT2D eigenvalue weighted by Gasteiger charge is 2.52. The summed E-state index contributed by atoms with van der Waals surface area (Å²) < 4.78 is 5.29. The van der Waals surface area contributed by atoms with E-state index in [1.165, 1.54) is 29.0 Å². The Bertz CT molecular complexity index is 1050. The van der Waals surface area contributed by atoms with Crippen molar-refractivity contribution >= 4 is 23.4 Å². The van der Waals surface area contributed by atoms with Gasteiger partial charge in [-0.15, -0.1) is 11.8 Å². The number of aromatic nitrogens is 3. The first-order chi connectivity index (χ1) is 14.7. The van der Waals surface area contributed by atoms with Crippen molar-refractivity contribution in [3.05, 3.63) is 54.5 Å². The monoisotopic (exact) mass is 420 g/mol. The Kier molecular flexibility index (Phi) is 5.08. The van der Waals surface area contributed by atoms with Crippen LogP contribution in [0.25, 0.3) is 11.3 Å². The SMILES string of the molecule is COc1ccnc(-c2cnc(N3CC4(CC4)c4ccc(SCCCO)cc43)nc2)c1. The van der Waals surface area contributed by atoms with E-state index in [1.54, 1.807) is 25.1 Å². The summed E-state index contributed by atoms with van der Waals surface area (Å²) >= 11 is 1.78. The van der Waals surface area contributed by atoms with Crippen LogP contribution in [0.5, 0.6) is 5.75 Å². The van der Waals surface area contributed by atoms with Gasteiger partial charge in [0, 0.05) is 65.1 Å². The minimum atomic E-state index is 0.232. The lowest BCUT2D eigenvalue weighted by atomic mass is 9.99. The van der Waals surface area contributed by atoms with Crippen molar-refractivity contribution in [3.63, 3.8) is 0 Å². The van der Waals surface area contributed by atoms with E-state index in [4.69, 9.17) is 9.84 Å². The number of hydrogen-bond donors (Lipinski definition) is 1. The Balaban J connectivity index is 1.43. The van der Waals surface area contributed by atoms with Gasteiger partial charge in [-0.05, 0) is 43.0 Å². The number of pyridine rings is 1. The molecule has 1 saturated carbocycles. The van der Waals surface area contributed by atoms with Crippen LogP contribution >= 0.6 is 11.8 Å². The largest absolute Gasteiger partial charge is 0.497 e. The molecule has 7 heteroatoms. The van der Waals surface area contributed by atoms with E-state index in [2.05, 4.69) is 38.1 Å². The average molecular weight is 421 g/mol. The standard InChI is InChI=1S/C23H24N4O2S/c1-29-17-5-8-24-20(11-17)16-13-25-22(26-14-16)27-15-23(6-7-23)19-4-3-18(12-21(19)27)30-10-2-9-28/h3-5,8,11-14,28H,2,6-7,9-10,15H2,1H3. The number of methoxy groups -OCH3 is 1. The van der Waals surface area contributed by atoms with Crippen LogP contribution in [0.15, 0.2) is 53.8 Å². The maximum atomic E-state index is 9.05. The molecule has 0 unspecified atom stereocenters. The molecule has 2 aliphatic rings. The summed E-state index contributed by atoms with van der Waals surface area (Å²) in [5.41, 5.74) is 4.56. The predicted molar refractivity (Wildman–Crippen MR) is 119 cm³/mol. The van der Waals surface area contributed by atoms with Gasteiger partial charge in [0.2, 0.25) is 5.95 Å². The van der Waals surface area contributed by atoms with E-state index in [1.807, 2.05) is 24.5 Å². The van der Waals surface area contributed by atoms with E-state index in [0.717, 1.165) is 41.7 Å². The highest BCUT2D eigenvalue weighted by atomic mass is 32.2. The van der Waals surface area contributed by atoms with Gasteiger partial charge in [0.25, 0.3) is 0 Å². The molecule has 1 aliphatic carbocycles. The van der Waals surface area contributed by atoms with E-state index in [-0.39, 0.29) is 12.0 Å². The molecule has 3 heterocycles. The van der Waals surface area contributed by atoms with E-state index in [0.29, 0.717) is 0 Å². The van der Waals surface area contributed by atoms with Crippen LogP contribution < -0.4 is 9.64 Å². The Hall–Kier alpha value is -2.64. The Morgan fingerprint density at radius 2 is 1.97 bits per heavy atom. The number of ether oxygens (including phenoxy) is 1.